The van der Waals surface area contributed by atoms with Gasteiger partial charge < -0.3 is 10.1 Å². The number of Topliss-reactive ketones (excluding diaryl/α,β-unsaturated/α-hetero) is 1. The first kappa shape index (κ1) is 24.7. The summed E-state index contributed by atoms with van der Waals surface area (Å²) < 4.78 is 5.42. The van der Waals surface area contributed by atoms with Crippen molar-refractivity contribution in [1.29, 1.82) is 0 Å². The zero-order chi connectivity index (χ0) is 24.8. The van der Waals surface area contributed by atoms with Gasteiger partial charge in [0.05, 0.1) is 13.5 Å². The molecule has 0 bridgehead atoms. The summed E-state index contributed by atoms with van der Waals surface area (Å²) in [5.41, 5.74) is 1.77. The van der Waals surface area contributed by atoms with E-state index in [1.54, 1.807) is 42.3 Å². The first-order valence-electron chi connectivity index (χ1n) is 11.9. The van der Waals surface area contributed by atoms with E-state index in [4.69, 9.17) is 4.74 Å². The molecule has 1 atom stereocenters. The number of methoxy groups -OCH3 is 1. The lowest BCUT2D eigenvalue weighted by atomic mass is 10.0. The van der Waals surface area contributed by atoms with E-state index in [2.05, 4.69) is 5.32 Å². The fraction of sp³-hybridized carbons (Fsp3) is 0.321. The number of benzene rings is 2. The highest BCUT2D eigenvalue weighted by atomic mass is 32.1. The molecule has 6 nitrogen and oxygen atoms in total. The first-order valence-corrected chi connectivity index (χ1v) is 12.7. The fourth-order valence-corrected chi connectivity index (χ4v) is 5.22. The normalized spacial score (nSPS) is 14.3. The SMILES string of the molecule is COc1cccc(C(C(=O)NC2CCCC2)N(C(=O)Cc2cccs2)c2ccc(C(C)=O)cc2)c1. The highest BCUT2D eigenvalue weighted by molar-refractivity contribution is 7.10. The van der Waals surface area contributed by atoms with Crippen LogP contribution in [-0.4, -0.2) is 30.7 Å². The topological polar surface area (TPSA) is 75.7 Å². The zero-order valence-corrected chi connectivity index (χ0v) is 20.8. The van der Waals surface area contributed by atoms with Crippen LogP contribution in [0.25, 0.3) is 0 Å². The quantitative estimate of drug-likeness (QED) is 0.411. The van der Waals surface area contributed by atoms with Gasteiger partial charge in [-0.3, -0.25) is 19.3 Å². The average molecular weight is 491 g/mol. The van der Waals surface area contributed by atoms with E-state index in [0.29, 0.717) is 22.6 Å². The van der Waals surface area contributed by atoms with Crippen molar-refractivity contribution < 1.29 is 19.1 Å². The minimum Gasteiger partial charge on any atom is -0.497 e. The predicted molar refractivity (Wildman–Crippen MR) is 138 cm³/mol. The van der Waals surface area contributed by atoms with Crippen molar-refractivity contribution in [3.8, 4) is 5.75 Å². The Bertz CT molecular complexity index is 1170. The molecule has 1 unspecified atom stereocenters. The molecule has 1 aromatic heterocycles. The Balaban J connectivity index is 1.78. The summed E-state index contributed by atoms with van der Waals surface area (Å²) in [7, 11) is 1.58. The minimum atomic E-state index is -0.888. The number of anilines is 1. The molecule has 1 saturated carbocycles. The minimum absolute atomic E-state index is 0.0589. The number of hydrogen-bond acceptors (Lipinski definition) is 5. The lowest BCUT2D eigenvalue weighted by Gasteiger charge is -2.32. The Labute approximate surface area is 209 Å². The largest absolute Gasteiger partial charge is 0.497 e. The second-order valence-corrected chi connectivity index (χ2v) is 9.82. The Morgan fingerprint density at radius 1 is 1.06 bits per heavy atom. The van der Waals surface area contributed by atoms with Crippen molar-refractivity contribution in [2.45, 2.75) is 51.1 Å². The van der Waals surface area contributed by atoms with Crippen LogP contribution >= 0.6 is 11.3 Å². The van der Waals surface area contributed by atoms with Gasteiger partial charge in [0.15, 0.2) is 5.78 Å². The molecule has 1 aliphatic carbocycles. The number of hydrogen-bond donors (Lipinski definition) is 1. The van der Waals surface area contributed by atoms with Crippen molar-refractivity contribution in [3.05, 3.63) is 82.0 Å². The Hall–Kier alpha value is -3.45. The lowest BCUT2D eigenvalue weighted by molar-refractivity contribution is -0.127. The summed E-state index contributed by atoms with van der Waals surface area (Å²) in [6.07, 6.45) is 4.22. The number of amides is 2. The molecule has 7 heteroatoms. The van der Waals surface area contributed by atoms with Gasteiger partial charge in [-0.15, -0.1) is 11.3 Å². The van der Waals surface area contributed by atoms with Crippen LogP contribution in [0.3, 0.4) is 0 Å². The maximum atomic E-state index is 13.8. The molecular formula is C28H30N2O4S. The Morgan fingerprint density at radius 2 is 1.80 bits per heavy atom. The van der Waals surface area contributed by atoms with Gasteiger partial charge in [0.1, 0.15) is 11.8 Å². The molecule has 1 heterocycles. The molecular weight excluding hydrogens is 460 g/mol. The van der Waals surface area contributed by atoms with E-state index in [1.807, 2.05) is 35.7 Å². The van der Waals surface area contributed by atoms with Gasteiger partial charge in [-0.1, -0.05) is 31.0 Å². The van der Waals surface area contributed by atoms with Crippen LogP contribution in [0.15, 0.2) is 66.0 Å². The molecule has 1 fully saturated rings. The molecule has 35 heavy (non-hydrogen) atoms. The number of ketones is 1. The van der Waals surface area contributed by atoms with Gasteiger partial charge >= 0.3 is 0 Å². The Morgan fingerprint density at radius 3 is 2.43 bits per heavy atom. The maximum absolute atomic E-state index is 13.8. The van der Waals surface area contributed by atoms with Crippen molar-refractivity contribution >= 4 is 34.6 Å². The summed E-state index contributed by atoms with van der Waals surface area (Å²) in [6, 6.07) is 17.2. The van der Waals surface area contributed by atoms with E-state index >= 15 is 0 Å². The van der Waals surface area contributed by atoms with Crippen LogP contribution in [0.5, 0.6) is 5.75 Å². The number of nitrogens with one attached hydrogen (secondary N) is 1. The second-order valence-electron chi connectivity index (χ2n) is 8.79. The number of thiophene rings is 1. The predicted octanol–water partition coefficient (Wildman–Crippen LogP) is 5.34. The number of nitrogens with zero attached hydrogens (tertiary/aromatic N) is 1. The van der Waals surface area contributed by atoms with Crippen molar-refractivity contribution in [2.75, 3.05) is 12.0 Å². The Kier molecular flexibility index (Phi) is 7.98. The van der Waals surface area contributed by atoms with E-state index < -0.39 is 6.04 Å². The average Bonchev–Trinajstić information content (AvgIpc) is 3.57. The van der Waals surface area contributed by atoms with Crippen molar-refractivity contribution in [3.63, 3.8) is 0 Å². The molecule has 4 rings (SSSR count). The third-order valence-corrected chi connectivity index (χ3v) is 7.22. The van der Waals surface area contributed by atoms with Gasteiger partial charge in [-0.25, -0.2) is 0 Å². The molecule has 0 radical (unpaired) electrons. The van der Waals surface area contributed by atoms with Gasteiger partial charge in [0, 0.05) is 22.2 Å². The number of ether oxygens (including phenoxy) is 1. The molecule has 1 aliphatic rings. The van der Waals surface area contributed by atoms with Gasteiger partial charge in [-0.05, 0) is 73.2 Å². The summed E-state index contributed by atoms with van der Waals surface area (Å²) in [5, 5.41) is 5.11. The maximum Gasteiger partial charge on any atom is 0.248 e. The fourth-order valence-electron chi connectivity index (χ4n) is 4.52. The van der Waals surface area contributed by atoms with E-state index in [1.165, 1.54) is 18.3 Å². The first-order chi connectivity index (χ1) is 17.0. The van der Waals surface area contributed by atoms with Crippen LogP contribution in [0.1, 0.15) is 59.4 Å². The second kappa shape index (κ2) is 11.3. The molecule has 1 N–H and O–H groups in total. The van der Waals surface area contributed by atoms with Crippen molar-refractivity contribution in [2.24, 2.45) is 0 Å². The standard InChI is InChI=1S/C28H30N2O4S/c1-19(31)20-12-14-23(15-13-20)30(26(32)18-25-11-6-16-35-25)27(21-7-5-10-24(17-21)34-2)28(33)29-22-8-3-4-9-22/h5-7,10-17,22,27H,3-4,8-9,18H2,1-2H3,(H,29,33). The summed E-state index contributed by atoms with van der Waals surface area (Å²) in [6.45, 7) is 1.50. The van der Waals surface area contributed by atoms with Crippen LogP contribution in [0, 0.1) is 0 Å². The number of carbonyl (C=O) groups is 3. The van der Waals surface area contributed by atoms with Gasteiger partial charge in [0.2, 0.25) is 11.8 Å². The van der Waals surface area contributed by atoms with Crippen molar-refractivity contribution in [1.82, 2.24) is 5.32 Å². The monoisotopic (exact) mass is 490 g/mol. The van der Waals surface area contributed by atoms with Crippen LogP contribution < -0.4 is 15.0 Å². The van der Waals surface area contributed by atoms with E-state index in [-0.39, 0.29) is 30.1 Å². The number of carbonyl (C=O) groups excluding carboxylic acids is 3. The summed E-state index contributed by atoms with van der Waals surface area (Å²) in [5.74, 6) is 0.132. The van der Waals surface area contributed by atoms with E-state index in [0.717, 1.165) is 30.6 Å². The van der Waals surface area contributed by atoms with Crippen LogP contribution in [0.4, 0.5) is 5.69 Å². The van der Waals surface area contributed by atoms with Gasteiger partial charge in [-0.2, -0.15) is 0 Å². The highest BCUT2D eigenvalue weighted by Gasteiger charge is 2.34. The summed E-state index contributed by atoms with van der Waals surface area (Å²) in [4.78, 5) is 41.9. The molecule has 2 amide bonds. The summed E-state index contributed by atoms with van der Waals surface area (Å²) >= 11 is 1.51. The highest BCUT2D eigenvalue weighted by Crippen LogP contribution is 2.32. The molecule has 0 spiro atoms. The third kappa shape index (κ3) is 5.98. The smallest absolute Gasteiger partial charge is 0.248 e. The zero-order valence-electron chi connectivity index (χ0n) is 20.0. The lowest BCUT2D eigenvalue weighted by Crippen LogP contribution is -2.46. The molecule has 0 saturated heterocycles. The van der Waals surface area contributed by atoms with E-state index in [9.17, 15) is 14.4 Å². The number of rotatable bonds is 9. The molecule has 182 valence electrons. The third-order valence-electron chi connectivity index (χ3n) is 6.34. The van der Waals surface area contributed by atoms with Crippen LogP contribution in [-0.2, 0) is 16.0 Å². The molecule has 0 aliphatic heterocycles. The molecule has 3 aromatic rings. The van der Waals surface area contributed by atoms with Gasteiger partial charge in [0.25, 0.3) is 0 Å². The van der Waals surface area contributed by atoms with Crippen LogP contribution in [0.2, 0.25) is 0 Å². The molecule has 2 aromatic carbocycles.